The second-order valence-corrected chi connectivity index (χ2v) is 8.44. The number of hydrogen-bond donors (Lipinski definition) is 2. The summed E-state index contributed by atoms with van der Waals surface area (Å²) in [4.78, 5) is 1.99. The first-order valence-electron chi connectivity index (χ1n) is 9.07. The van der Waals surface area contributed by atoms with E-state index in [0.29, 0.717) is 0 Å². The maximum atomic E-state index is 4.79. The first-order valence-corrected chi connectivity index (χ1v) is 9.96. The van der Waals surface area contributed by atoms with Crippen LogP contribution in [0.3, 0.4) is 0 Å². The fourth-order valence-electron chi connectivity index (χ4n) is 4.79. The lowest BCUT2D eigenvalue weighted by Gasteiger charge is -2.37. The highest BCUT2D eigenvalue weighted by atomic mass is 32.1. The van der Waals surface area contributed by atoms with E-state index in [0.717, 1.165) is 9.80 Å². The maximum Gasteiger partial charge on any atom is 0.0591 e. The number of fused-ring (bicyclic) bond motifs is 8. The van der Waals surface area contributed by atoms with Gasteiger partial charge in [-0.2, -0.15) is 0 Å². The first kappa shape index (κ1) is 15.6. The van der Waals surface area contributed by atoms with Crippen LogP contribution in [-0.4, -0.2) is 0 Å². The van der Waals surface area contributed by atoms with Crippen molar-refractivity contribution in [2.24, 2.45) is 5.41 Å². The Hall–Kier alpha value is -2.42. The molecule has 0 heterocycles. The Morgan fingerprint density at radius 1 is 0.741 bits per heavy atom. The van der Waals surface area contributed by atoms with Crippen LogP contribution in [0.2, 0.25) is 0 Å². The Bertz CT molecular complexity index is 1230. The predicted octanol–water partition coefficient (Wildman–Crippen LogP) is 6.62. The Kier molecular flexibility index (Phi) is 3.07. The molecule has 0 aromatic heterocycles. The molecule has 1 spiro atoms. The third kappa shape index (κ3) is 2.03. The molecule has 1 unspecified atom stereocenters. The van der Waals surface area contributed by atoms with Gasteiger partial charge in [-0.1, -0.05) is 54.6 Å². The van der Waals surface area contributed by atoms with Crippen molar-refractivity contribution in [3.63, 3.8) is 0 Å². The molecule has 1 atom stereocenters. The van der Waals surface area contributed by atoms with Gasteiger partial charge in [-0.05, 0) is 74.9 Å². The Balaban J connectivity index is 1.61. The zero-order chi connectivity index (χ0) is 18.2. The highest BCUT2D eigenvalue weighted by Crippen LogP contribution is 2.59. The van der Waals surface area contributed by atoms with Gasteiger partial charge < -0.3 is 0 Å². The number of rotatable bonds is 0. The largest absolute Gasteiger partial charge is 0.144 e. The standard InChI is InChI=1S/C25H16S2/c26-17-8-7-16-11-24-22(21(16)12-17)13-18(27)14-25(24)9-3-6-20-19-5-2-1-4-15(19)10-23(20)25/h1-14,26-27H. The Morgan fingerprint density at radius 2 is 1.52 bits per heavy atom. The molecule has 4 aliphatic rings. The van der Waals surface area contributed by atoms with E-state index in [1.165, 1.54) is 44.5 Å². The Labute approximate surface area is 169 Å². The van der Waals surface area contributed by atoms with E-state index in [9.17, 15) is 0 Å². The zero-order valence-corrected chi connectivity index (χ0v) is 16.3. The number of allylic oxidation sites excluding steroid dienone is 9. The van der Waals surface area contributed by atoms with Crippen LogP contribution in [0.4, 0.5) is 0 Å². The van der Waals surface area contributed by atoms with Crippen LogP contribution in [0, 0.1) is 5.41 Å². The average molecular weight is 381 g/mol. The van der Waals surface area contributed by atoms with Gasteiger partial charge in [-0.25, -0.2) is 0 Å². The van der Waals surface area contributed by atoms with Gasteiger partial charge in [0.25, 0.3) is 0 Å². The van der Waals surface area contributed by atoms with Crippen molar-refractivity contribution >= 4 is 48.6 Å². The predicted molar refractivity (Wildman–Crippen MR) is 121 cm³/mol. The van der Waals surface area contributed by atoms with Crippen molar-refractivity contribution in [1.29, 1.82) is 0 Å². The summed E-state index contributed by atoms with van der Waals surface area (Å²) in [5.74, 6) is 0. The van der Waals surface area contributed by atoms with E-state index >= 15 is 0 Å². The summed E-state index contributed by atoms with van der Waals surface area (Å²) < 4.78 is 0. The normalized spacial score (nSPS) is 23.6. The molecule has 0 fully saturated rings. The van der Waals surface area contributed by atoms with E-state index in [1.807, 2.05) is 0 Å². The highest BCUT2D eigenvalue weighted by molar-refractivity contribution is 7.84. The van der Waals surface area contributed by atoms with Crippen LogP contribution in [0.5, 0.6) is 0 Å². The van der Waals surface area contributed by atoms with Crippen molar-refractivity contribution in [3.05, 3.63) is 111 Å². The summed E-state index contributed by atoms with van der Waals surface area (Å²) in [5, 5.41) is 0. The van der Waals surface area contributed by atoms with Crippen molar-refractivity contribution < 1.29 is 0 Å². The van der Waals surface area contributed by atoms with E-state index in [1.54, 1.807) is 0 Å². The molecule has 128 valence electrons. The molecule has 2 aromatic carbocycles. The highest BCUT2D eigenvalue weighted by Gasteiger charge is 2.44. The average Bonchev–Trinajstić information content (AvgIpc) is 3.22. The van der Waals surface area contributed by atoms with E-state index < -0.39 is 0 Å². The van der Waals surface area contributed by atoms with Gasteiger partial charge in [-0.3, -0.25) is 0 Å². The molecule has 0 aliphatic heterocycles. The molecule has 0 saturated heterocycles. The Morgan fingerprint density at radius 3 is 2.41 bits per heavy atom. The van der Waals surface area contributed by atoms with Crippen molar-refractivity contribution in [1.82, 2.24) is 0 Å². The van der Waals surface area contributed by atoms with Gasteiger partial charge >= 0.3 is 0 Å². The van der Waals surface area contributed by atoms with Gasteiger partial charge in [0.1, 0.15) is 0 Å². The molecular weight excluding hydrogens is 364 g/mol. The first-order chi connectivity index (χ1) is 13.2. The lowest BCUT2D eigenvalue weighted by molar-refractivity contribution is 0.752. The molecule has 0 saturated carbocycles. The monoisotopic (exact) mass is 380 g/mol. The number of hydrogen-bond acceptors (Lipinski definition) is 2. The van der Waals surface area contributed by atoms with Crippen LogP contribution >= 0.6 is 25.3 Å². The fraction of sp³-hybridized carbons (Fsp3) is 0.0400. The molecular formula is C25H16S2. The third-order valence-electron chi connectivity index (χ3n) is 5.94. The molecule has 2 aromatic rings. The van der Waals surface area contributed by atoms with Gasteiger partial charge in [0.15, 0.2) is 0 Å². The van der Waals surface area contributed by atoms with Crippen LogP contribution in [0.25, 0.3) is 23.3 Å². The zero-order valence-electron chi connectivity index (χ0n) is 14.5. The van der Waals surface area contributed by atoms with Crippen molar-refractivity contribution in [2.45, 2.75) is 4.90 Å². The van der Waals surface area contributed by atoms with Crippen molar-refractivity contribution in [3.8, 4) is 0 Å². The lowest BCUT2D eigenvalue weighted by Crippen LogP contribution is -2.25. The number of thiol groups is 2. The van der Waals surface area contributed by atoms with Gasteiger partial charge in [-0.15, -0.1) is 25.3 Å². The topological polar surface area (TPSA) is 0 Å². The SMILES string of the molecule is SC1=CC2(C=CC=C3C2=Cc2ccccc23)C2=Cc3ccc(S)cc3C2=C1. The summed E-state index contributed by atoms with van der Waals surface area (Å²) in [7, 11) is 0. The van der Waals surface area contributed by atoms with Gasteiger partial charge in [0, 0.05) is 9.80 Å². The summed E-state index contributed by atoms with van der Waals surface area (Å²) in [5.41, 5.74) is 10.1. The summed E-state index contributed by atoms with van der Waals surface area (Å²) in [6.45, 7) is 0. The third-order valence-corrected chi connectivity index (χ3v) is 6.48. The lowest BCUT2D eigenvalue weighted by atomic mass is 9.65. The molecule has 0 radical (unpaired) electrons. The van der Waals surface area contributed by atoms with Crippen LogP contribution in [0.1, 0.15) is 22.3 Å². The molecule has 2 heteroatoms. The molecule has 0 N–H and O–H groups in total. The van der Waals surface area contributed by atoms with E-state index in [2.05, 4.69) is 97.6 Å². The molecule has 0 bridgehead atoms. The van der Waals surface area contributed by atoms with Gasteiger partial charge in [0.2, 0.25) is 0 Å². The molecule has 0 nitrogen and oxygen atoms in total. The minimum atomic E-state index is -0.278. The van der Waals surface area contributed by atoms with Crippen LogP contribution in [0.15, 0.2) is 93.8 Å². The van der Waals surface area contributed by atoms with Crippen LogP contribution in [-0.2, 0) is 0 Å². The fourth-order valence-corrected chi connectivity index (χ4v) is 5.33. The second kappa shape index (κ2) is 5.31. The molecule has 0 amide bonds. The van der Waals surface area contributed by atoms with E-state index in [4.69, 9.17) is 12.6 Å². The number of benzene rings is 2. The quantitative estimate of drug-likeness (QED) is 0.472. The van der Waals surface area contributed by atoms with Crippen LogP contribution < -0.4 is 0 Å². The summed E-state index contributed by atoms with van der Waals surface area (Å²) >= 11 is 9.35. The summed E-state index contributed by atoms with van der Waals surface area (Å²) in [6.07, 6.45) is 15.9. The summed E-state index contributed by atoms with van der Waals surface area (Å²) in [6, 6.07) is 15.0. The maximum absolute atomic E-state index is 4.79. The van der Waals surface area contributed by atoms with E-state index in [-0.39, 0.29) is 5.41 Å². The molecule has 6 rings (SSSR count). The molecule has 4 aliphatic carbocycles. The minimum absolute atomic E-state index is 0.278. The minimum Gasteiger partial charge on any atom is -0.144 e. The smallest absolute Gasteiger partial charge is 0.0591 e. The molecule has 27 heavy (non-hydrogen) atoms. The van der Waals surface area contributed by atoms with Gasteiger partial charge in [0.05, 0.1) is 5.41 Å². The second-order valence-electron chi connectivity index (χ2n) is 7.41. The van der Waals surface area contributed by atoms with Crippen molar-refractivity contribution in [2.75, 3.05) is 0 Å².